The van der Waals surface area contributed by atoms with Crippen LogP contribution in [-0.4, -0.2) is 40.7 Å². The van der Waals surface area contributed by atoms with E-state index in [4.69, 9.17) is 16.9 Å². The number of aromatic nitrogens is 1. The number of benzene rings is 1. The molecule has 0 radical (unpaired) electrons. The number of rotatable bonds is 10. The highest BCUT2D eigenvalue weighted by atomic mass is 19.1. The van der Waals surface area contributed by atoms with E-state index in [2.05, 4.69) is 11.2 Å². The Morgan fingerprint density at radius 2 is 1.84 bits per heavy atom. The molecule has 0 spiro atoms. The van der Waals surface area contributed by atoms with Crippen LogP contribution in [0.1, 0.15) is 64.9 Å². The number of carbonyl (C=O) groups excluding carboxylic acids is 4. The minimum atomic E-state index is -1.23. The first-order valence-corrected chi connectivity index (χ1v) is 11.8. The fraction of sp³-hybridized carbons (Fsp3) is 0.429. The molecule has 9 heteroatoms. The fourth-order valence-electron chi connectivity index (χ4n) is 3.86. The summed E-state index contributed by atoms with van der Waals surface area (Å²) in [6.07, 6.45) is 5.26. The van der Waals surface area contributed by atoms with Crippen molar-refractivity contribution in [1.82, 2.24) is 4.57 Å². The van der Waals surface area contributed by atoms with Gasteiger partial charge >= 0.3 is 5.97 Å². The highest BCUT2D eigenvalue weighted by Crippen LogP contribution is 2.27. The summed E-state index contributed by atoms with van der Waals surface area (Å²) in [5.74, 6) is -0.814. The molecule has 2 aromatic rings. The number of ether oxygens (including phenoxy) is 1. The van der Waals surface area contributed by atoms with Gasteiger partial charge < -0.3 is 20.4 Å². The van der Waals surface area contributed by atoms with Crippen molar-refractivity contribution < 1.29 is 28.3 Å². The monoisotopic (exact) mass is 511 g/mol. The SMILES string of the molecule is C#C[C@@](C)(COC(=O)[C@@H](N)C(C)C)CC(=O)C(=O)c1c(C)c(C(=O)Nc2ccc(F)c(C)c2)n(C)c1C. The number of hydrogen-bond acceptors (Lipinski definition) is 6. The van der Waals surface area contributed by atoms with E-state index < -0.39 is 40.7 Å². The summed E-state index contributed by atoms with van der Waals surface area (Å²) in [4.78, 5) is 51.4. The van der Waals surface area contributed by atoms with Gasteiger partial charge in [0.25, 0.3) is 5.91 Å². The molecule has 198 valence electrons. The number of nitrogens with two attached hydrogens (primary N) is 1. The number of nitrogens with one attached hydrogen (secondary N) is 1. The summed E-state index contributed by atoms with van der Waals surface area (Å²) < 4.78 is 20.3. The van der Waals surface area contributed by atoms with Crippen LogP contribution in [0.5, 0.6) is 0 Å². The second kappa shape index (κ2) is 11.5. The van der Waals surface area contributed by atoms with Gasteiger partial charge in [0.05, 0.1) is 11.0 Å². The molecule has 2 atom stereocenters. The number of hydrogen-bond donors (Lipinski definition) is 2. The standard InChI is InChI=1S/C28H34FN3O5/c1-9-28(7,14-37-27(36)23(30)15(2)3)13-21(33)25(34)22-17(5)24(32(8)18(22)6)26(35)31-19-10-11-20(29)16(4)12-19/h1,10-12,15,23H,13-14,30H2,2-8H3,(H,31,35)/t23-,28+/m0/s1. The summed E-state index contributed by atoms with van der Waals surface area (Å²) in [7, 11) is 1.61. The first-order chi connectivity index (χ1) is 17.1. The smallest absolute Gasteiger partial charge is 0.323 e. The lowest BCUT2D eigenvalue weighted by Gasteiger charge is -2.24. The molecular weight excluding hydrogens is 477 g/mol. The van der Waals surface area contributed by atoms with Crippen molar-refractivity contribution >= 4 is 29.1 Å². The zero-order valence-corrected chi connectivity index (χ0v) is 22.3. The highest BCUT2D eigenvalue weighted by Gasteiger charge is 2.34. The third-order valence-electron chi connectivity index (χ3n) is 6.46. The normalized spacial score (nSPS) is 13.4. The molecule has 3 N–H and O–H groups in total. The molecule has 37 heavy (non-hydrogen) atoms. The van der Waals surface area contributed by atoms with Crippen molar-refractivity contribution in [2.75, 3.05) is 11.9 Å². The van der Waals surface area contributed by atoms with Crippen LogP contribution >= 0.6 is 0 Å². The zero-order chi connectivity index (χ0) is 28.2. The predicted molar refractivity (Wildman–Crippen MR) is 139 cm³/mol. The fourth-order valence-corrected chi connectivity index (χ4v) is 3.86. The molecule has 0 unspecified atom stereocenters. The number of amides is 1. The van der Waals surface area contributed by atoms with Gasteiger partial charge in [-0.3, -0.25) is 19.2 Å². The molecule has 0 aliphatic rings. The third kappa shape index (κ3) is 6.52. The Bertz CT molecular complexity index is 1290. The van der Waals surface area contributed by atoms with Gasteiger partial charge in [-0.25, -0.2) is 4.39 Å². The molecule has 0 fully saturated rings. The lowest BCUT2D eigenvalue weighted by molar-refractivity contribution is -0.149. The molecule has 0 aliphatic carbocycles. The Hall–Kier alpha value is -3.77. The third-order valence-corrected chi connectivity index (χ3v) is 6.46. The Balaban J connectivity index is 2.25. The van der Waals surface area contributed by atoms with Gasteiger partial charge in [-0.15, -0.1) is 6.42 Å². The van der Waals surface area contributed by atoms with E-state index in [-0.39, 0.29) is 30.2 Å². The van der Waals surface area contributed by atoms with E-state index in [0.717, 1.165) is 0 Å². The summed E-state index contributed by atoms with van der Waals surface area (Å²) in [6.45, 7) is 9.59. The van der Waals surface area contributed by atoms with Crippen LogP contribution in [0.4, 0.5) is 10.1 Å². The lowest BCUT2D eigenvalue weighted by atomic mass is 9.84. The van der Waals surface area contributed by atoms with Gasteiger partial charge in [0.2, 0.25) is 11.6 Å². The molecule has 1 aromatic heterocycles. The van der Waals surface area contributed by atoms with Crippen LogP contribution < -0.4 is 11.1 Å². The molecular formula is C28H34FN3O5. The number of anilines is 1. The summed E-state index contributed by atoms with van der Waals surface area (Å²) in [5.41, 5.74) is 6.37. The van der Waals surface area contributed by atoms with Crippen molar-refractivity contribution in [1.29, 1.82) is 0 Å². The van der Waals surface area contributed by atoms with E-state index in [1.807, 2.05) is 0 Å². The largest absolute Gasteiger partial charge is 0.463 e. The van der Waals surface area contributed by atoms with E-state index in [0.29, 0.717) is 22.5 Å². The highest BCUT2D eigenvalue weighted by molar-refractivity contribution is 6.44. The maximum Gasteiger partial charge on any atom is 0.323 e. The van der Waals surface area contributed by atoms with Crippen LogP contribution in [0.15, 0.2) is 18.2 Å². The number of Topliss-reactive ketones (excluding diaryl/α,β-unsaturated/α-hetero) is 2. The molecule has 0 aliphatic heterocycles. The van der Waals surface area contributed by atoms with Crippen molar-refractivity contribution in [2.45, 2.75) is 54.0 Å². The number of terminal acetylenes is 1. The Morgan fingerprint density at radius 1 is 1.22 bits per heavy atom. The molecule has 1 amide bonds. The molecule has 8 nitrogen and oxygen atoms in total. The average molecular weight is 512 g/mol. The van der Waals surface area contributed by atoms with E-state index >= 15 is 0 Å². The molecule has 0 saturated carbocycles. The van der Waals surface area contributed by atoms with Crippen LogP contribution in [-0.2, 0) is 21.4 Å². The summed E-state index contributed by atoms with van der Waals surface area (Å²) >= 11 is 0. The van der Waals surface area contributed by atoms with Gasteiger partial charge in [0, 0.05) is 24.8 Å². The first-order valence-electron chi connectivity index (χ1n) is 11.8. The first kappa shape index (κ1) is 29.5. The Morgan fingerprint density at radius 3 is 2.38 bits per heavy atom. The average Bonchev–Trinajstić information content (AvgIpc) is 3.06. The maximum absolute atomic E-state index is 13.6. The number of carbonyl (C=O) groups is 4. The molecule has 0 bridgehead atoms. The van der Waals surface area contributed by atoms with Gasteiger partial charge in [-0.1, -0.05) is 19.8 Å². The predicted octanol–water partition coefficient (Wildman–Crippen LogP) is 3.65. The molecule has 1 aromatic carbocycles. The number of halogens is 1. The Labute approximate surface area is 216 Å². The number of aryl methyl sites for hydroxylation is 1. The molecule has 1 heterocycles. The van der Waals surface area contributed by atoms with Crippen LogP contribution in [0.2, 0.25) is 0 Å². The van der Waals surface area contributed by atoms with Crippen LogP contribution in [0, 0.1) is 50.3 Å². The van der Waals surface area contributed by atoms with Gasteiger partial charge in [0.15, 0.2) is 0 Å². The van der Waals surface area contributed by atoms with Crippen LogP contribution in [0.3, 0.4) is 0 Å². The minimum absolute atomic E-state index is 0.103. The number of nitrogens with zero attached hydrogens (tertiary/aromatic N) is 1. The van der Waals surface area contributed by atoms with Gasteiger partial charge in [-0.2, -0.15) is 0 Å². The topological polar surface area (TPSA) is 120 Å². The van der Waals surface area contributed by atoms with E-state index in [9.17, 15) is 23.6 Å². The van der Waals surface area contributed by atoms with Crippen molar-refractivity contribution in [2.24, 2.45) is 24.1 Å². The van der Waals surface area contributed by atoms with Gasteiger partial charge in [0.1, 0.15) is 24.2 Å². The maximum atomic E-state index is 13.6. The summed E-state index contributed by atoms with van der Waals surface area (Å²) in [5, 5.41) is 2.70. The lowest BCUT2D eigenvalue weighted by Crippen LogP contribution is -2.39. The van der Waals surface area contributed by atoms with Crippen molar-refractivity contribution in [3.8, 4) is 12.3 Å². The second-order valence-electron chi connectivity index (χ2n) is 9.92. The van der Waals surface area contributed by atoms with E-state index in [1.165, 1.54) is 22.8 Å². The van der Waals surface area contributed by atoms with Crippen molar-refractivity contribution in [3.05, 3.63) is 52.1 Å². The Kier molecular flexibility index (Phi) is 9.17. The zero-order valence-electron chi connectivity index (χ0n) is 22.3. The second-order valence-corrected chi connectivity index (χ2v) is 9.92. The summed E-state index contributed by atoms with van der Waals surface area (Å²) in [6, 6.07) is 3.34. The van der Waals surface area contributed by atoms with Crippen molar-refractivity contribution in [3.63, 3.8) is 0 Å². The van der Waals surface area contributed by atoms with Crippen LogP contribution in [0.25, 0.3) is 0 Å². The quantitative estimate of drug-likeness (QED) is 0.217. The number of esters is 1. The van der Waals surface area contributed by atoms with E-state index in [1.54, 1.807) is 48.6 Å². The minimum Gasteiger partial charge on any atom is -0.463 e. The number of ketones is 2. The molecule has 0 saturated heterocycles. The van der Waals surface area contributed by atoms with Gasteiger partial charge in [-0.05, 0) is 62.9 Å². The molecule has 2 rings (SSSR count).